The Morgan fingerprint density at radius 2 is 1.83 bits per heavy atom. The van der Waals surface area contributed by atoms with Gasteiger partial charge in [0.1, 0.15) is 29.7 Å². The summed E-state index contributed by atoms with van der Waals surface area (Å²) in [5.74, 6) is 0. The highest BCUT2D eigenvalue weighted by Gasteiger charge is 2.44. The highest BCUT2D eigenvalue weighted by Crippen LogP contribution is 2.30. The zero-order chi connectivity index (χ0) is 21.6. The summed E-state index contributed by atoms with van der Waals surface area (Å²) in [6.07, 6.45) is -2.81. The third-order valence-corrected chi connectivity index (χ3v) is 4.26. The molecule has 0 saturated carbocycles. The van der Waals surface area contributed by atoms with E-state index in [1.165, 1.54) is 34.5 Å². The molecule has 1 saturated heterocycles. The van der Waals surface area contributed by atoms with Crippen LogP contribution in [0.15, 0.2) is 23.3 Å². The Kier molecular flexibility index (Phi) is 7.92. The van der Waals surface area contributed by atoms with Crippen LogP contribution in [0.5, 0.6) is 0 Å². The summed E-state index contributed by atoms with van der Waals surface area (Å²) >= 11 is 0. The van der Waals surface area contributed by atoms with Gasteiger partial charge < -0.3 is 23.7 Å². The van der Waals surface area contributed by atoms with Gasteiger partial charge in [0.25, 0.3) is 5.69 Å². The molecule has 0 spiro atoms. The number of methoxy groups -OCH3 is 4. The van der Waals surface area contributed by atoms with Gasteiger partial charge >= 0.3 is 5.69 Å². The zero-order valence-electron chi connectivity index (χ0n) is 16.3. The highest BCUT2D eigenvalue weighted by molar-refractivity contribution is 5.95. The maximum atomic E-state index is 11.3. The number of anilines is 1. The van der Waals surface area contributed by atoms with Gasteiger partial charge in [0, 0.05) is 34.5 Å². The van der Waals surface area contributed by atoms with Crippen LogP contribution in [-0.4, -0.2) is 75.2 Å². The van der Waals surface area contributed by atoms with Crippen LogP contribution in [0, 0.1) is 20.2 Å². The van der Waals surface area contributed by atoms with E-state index in [4.69, 9.17) is 23.7 Å². The molecule has 1 heterocycles. The van der Waals surface area contributed by atoms with Crippen LogP contribution in [-0.2, 0) is 23.7 Å². The van der Waals surface area contributed by atoms with Crippen LogP contribution >= 0.6 is 0 Å². The number of hydrogen-bond donors (Lipinski definition) is 1. The Labute approximate surface area is 165 Å². The lowest BCUT2D eigenvalue weighted by Gasteiger charge is -2.40. The Morgan fingerprint density at radius 3 is 2.34 bits per heavy atom. The summed E-state index contributed by atoms with van der Waals surface area (Å²) in [5, 5.41) is 26.4. The van der Waals surface area contributed by atoms with Crippen molar-refractivity contribution < 1.29 is 33.5 Å². The molecule has 1 N–H and O–H groups in total. The molecule has 0 bridgehead atoms. The summed E-state index contributed by atoms with van der Waals surface area (Å²) in [7, 11) is 5.83. The van der Waals surface area contributed by atoms with Crippen LogP contribution < -0.4 is 5.43 Å². The summed E-state index contributed by atoms with van der Waals surface area (Å²) in [4.78, 5) is 20.7. The first-order chi connectivity index (χ1) is 13.9. The van der Waals surface area contributed by atoms with E-state index < -0.39 is 45.8 Å². The lowest BCUT2D eigenvalue weighted by molar-refractivity contribution is -0.393. The van der Waals surface area contributed by atoms with Crippen LogP contribution in [0.2, 0.25) is 0 Å². The van der Waals surface area contributed by atoms with Crippen molar-refractivity contribution >= 4 is 22.8 Å². The van der Waals surface area contributed by atoms with Crippen molar-refractivity contribution in [1.82, 2.24) is 0 Å². The van der Waals surface area contributed by atoms with E-state index in [1.54, 1.807) is 0 Å². The predicted molar refractivity (Wildman–Crippen MR) is 99.9 cm³/mol. The van der Waals surface area contributed by atoms with Crippen molar-refractivity contribution in [3.05, 3.63) is 38.4 Å². The molecule has 2 rings (SSSR count). The molecule has 0 amide bonds. The number of hydrazone groups is 1. The Hall–Kier alpha value is -2.71. The molecular formula is C16H22N4O9. The van der Waals surface area contributed by atoms with E-state index in [-0.39, 0.29) is 12.3 Å². The van der Waals surface area contributed by atoms with Crippen LogP contribution in [0.4, 0.5) is 17.1 Å². The van der Waals surface area contributed by atoms with Gasteiger partial charge in [0.2, 0.25) is 0 Å². The van der Waals surface area contributed by atoms with E-state index >= 15 is 0 Å². The van der Waals surface area contributed by atoms with E-state index in [1.807, 2.05) is 0 Å². The molecule has 1 aliphatic rings. The number of nitrogens with one attached hydrogen (secondary N) is 1. The van der Waals surface area contributed by atoms with E-state index in [0.29, 0.717) is 5.71 Å². The molecule has 4 atom stereocenters. The van der Waals surface area contributed by atoms with Gasteiger partial charge in [-0.1, -0.05) is 0 Å². The SMILES string of the molecule is COCC1OC(OC)C(OC)C(OC)/C1=N/Nc1ccc([N+](=O)[O-])cc1[N+](=O)[O-]. The first-order valence-electron chi connectivity index (χ1n) is 8.37. The minimum absolute atomic E-state index is 0.0399. The second kappa shape index (κ2) is 10.2. The monoisotopic (exact) mass is 414 g/mol. The Bertz CT molecular complexity index is 773. The summed E-state index contributed by atoms with van der Waals surface area (Å²) in [6.45, 7) is 0.110. The Morgan fingerprint density at radius 1 is 1.10 bits per heavy atom. The predicted octanol–water partition coefficient (Wildman–Crippen LogP) is 1.32. The Balaban J connectivity index is 2.41. The highest BCUT2D eigenvalue weighted by atomic mass is 16.7. The van der Waals surface area contributed by atoms with E-state index in [9.17, 15) is 20.2 Å². The third-order valence-electron chi connectivity index (χ3n) is 4.26. The van der Waals surface area contributed by atoms with Crippen molar-refractivity contribution in [1.29, 1.82) is 0 Å². The second-order valence-electron chi connectivity index (χ2n) is 5.90. The molecule has 0 radical (unpaired) electrons. The molecule has 13 nitrogen and oxygen atoms in total. The molecular weight excluding hydrogens is 392 g/mol. The summed E-state index contributed by atoms with van der Waals surface area (Å²) < 4.78 is 27.1. The van der Waals surface area contributed by atoms with Crippen molar-refractivity contribution in [3.8, 4) is 0 Å². The van der Waals surface area contributed by atoms with Crippen LogP contribution in [0.3, 0.4) is 0 Å². The van der Waals surface area contributed by atoms with Crippen molar-refractivity contribution in [2.75, 3.05) is 40.5 Å². The van der Waals surface area contributed by atoms with E-state index in [0.717, 1.165) is 12.1 Å². The average Bonchev–Trinajstić information content (AvgIpc) is 2.71. The molecule has 13 heteroatoms. The fraction of sp³-hybridized carbons (Fsp3) is 0.562. The first-order valence-corrected chi connectivity index (χ1v) is 8.37. The minimum Gasteiger partial charge on any atom is -0.382 e. The fourth-order valence-electron chi connectivity index (χ4n) is 2.90. The number of hydrogen-bond acceptors (Lipinski definition) is 11. The summed E-state index contributed by atoms with van der Waals surface area (Å²) in [6, 6.07) is 3.17. The van der Waals surface area contributed by atoms with Crippen LogP contribution in [0.25, 0.3) is 0 Å². The van der Waals surface area contributed by atoms with Crippen molar-refractivity contribution in [2.45, 2.75) is 24.6 Å². The lowest BCUT2D eigenvalue weighted by atomic mass is 9.99. The van der Waals surface area contributed by atoms with Gasteiger partial charge in [-0.3, -0.25) is 25.7 Å². The van der Waals surface area contributed by atoms with E-state index in [2.05, 4.69) is 10.5 Å². The number of nitro groups is 2. The molecule has 29 heavy (non-hydrogen) atoms. The van der Waals surface area contributed by atoms with Gasteiger partial charge in [-0.15, -0.1) is 0 Å². The number of nitro benzene ring substituents is 2. The molecule has 0 aromatic heterocycles. The molecule has 1 aliphatic heterocycles. The van der Waals surface area contributed by atoms with Crippen LogP contribution in [0.1, 0.15) is 0 Å². The quantitative estimate of drug-likeness (QED) is 0.461. The largest absolute Gasteiger partial charge is 0.382 e. The molecule has 1 aromatic carbocycles. The molecule has 0 aliphatic carbocycles. The lowest BCUT2D eigenvalue weighted by Crippen LogP contribution is -2.58. The summed E-state index contributed by atoms with van der Waals surface area (Å²) in [5.41, 5.74) is 1.94. The van der Waals surface area contributed by atoms with Crippen molar-refractivity contribution in [3.63, 3.8) is 0 Å². The maximum absolute atomic E-state index is 11.3. The molecule has 160 valence electrons. The zero-order valence-corrected chi connectivity index (χ0v) is 16.3. The van der Waals surface area contributed by atoms with Gasteiger partial charge in [0.15, 0.2) is 6.29 Å². The van der Waals surface area contributed by atoms with Gasteiger partial charge in [-0.05, 0) is 6.07 Å². The molecule has 1 aromatic rings. The number of non-ortho nitro benzene ring substituents is 1. The number of benzene rings is 1. The third kappa shape index (κ3) is 5.02. The number of ether oxygens (including phenoxy) is 5. The van der Waals surface area contributed by atoms with Gasteiger partial charge in [0.05, 0.1) is 22.5 Å². The first kappa shape index (κ1) is 22.6. The second-order valence-corrected chi connectivity index (χ2v) is 5.90. The van der Waals surface area contributed by atoms with Gasteiger partial charge in [-0.25, -0.2) is 0 Å². The van der Waals surface area contributed by atoms with Gasteiger partial charge in [-0.2, -0.15) is 5.10 Å². The number of nitrogens with zero attached hydrogens (tertiary/aromatic N) is 3. The topological polar surface area (TPSA) is 157 Å². The molecule has 4 unspecified atom stereocenters. The minimum atomic E-state index is -0.752. The maximum Gasteiger partial charge on any atom is 0.301 e. The fourth-order valence-corrected chi connectivity index (χ4v) is 2.90. The average molecular weight is 414 g/mol. The smallest absolute Gasteiger partial charge is 0.301 e. The van der Waals surface area contributed by atoms with Crippen molar-refractivity contribution in [2.24, 2.45) is 5.10 Å². The standard InChI is InChI=1S/C16H22N4O9/c1-25-8-12-13(14(26-2)15(27-3)16(28-4)29-12)18-17-10-6-5-9(19(21)22)7-11(10)20(23)24/h5-7,12,14-17H,8H2,1-4H3/b18-13+. The molecule has 1 fully saturated rings. The number of rotatable bonds is 9. The normalized spacial score (nSPS) is 25.7.